The lowest BCUT2D eigenvalue weighted by Gasteiger charge is -2.44. The highest BCUT2D eigenvalue weighted by molar-refractivity contribution is 5.94. The standard InChI is InChI=1S/C15H20N2O/c1-11-2-4-13(5-3-11)15(18)16-14-10-17-8-6-12(14)7-9-17/h2-5,12,14H,6-10H2,1H3,(H,16,18). The van der Waals surface area contributed by atoms with E-state index in [0.717, 1.165) is 12.1 Å². The van der Waals surface area contributed by atoms with E-state index in [1.54, 1.807) is 0 Å². The van der Waals surface area contributed by atoms with Crippen LogP contribution >= 0.6 is 0 Å². The molecule has 1 unspecified atom stereocenters. The van der Waals surface area contributed by atoms with Crippen molar-refractivity contribution < 1.29 is 4.79 Å². The summed E-state index contributed by atoms with van der Waals surface area (Å²) in [5.74, 6) is 0.762. The SMILES string of the molecule is Cc1ccc(C(=O)NC2CN3CCC2CC3)cc1. The predicted octanol–water partition coefficient (Wildman–Crippen LogP) is 1.82. The molecule has 1 atom stereocenters. The molecule has 3 aliphatic rings. The van der Waals surface area contributed by atoms with Crippen LogP contribution in [0.5, 0.6) is 0 Å². The van der Waals surface area contributed by atoms with E-state index in [9.17, 15) is 4.79 Å². The van der Waals surface area contributed by atoms with E-state index in [1.165, 1.54) is 31.5 Å². The third-order valence-corrected chi connectivity index (χ3v) is 4.29. The van der Waals surface area contributed by atoms with Crippen LogP contribution in [0.2, 0.25) is 0 Å². The minimum atomic E-state index is 0.0775. The summed E-state index contributed by atoms with van der Waals surface area (Å²) in [6, 6.07) is 8.15. The van der Waals surface area contributed by atoms with Crippen LogP contribution < -0.4 is 5.32 Å². The summed E-state index contributed by atoms with van der Waals surface area (Å²) in [6.07, 6.45) is 2.47. The molecule has 0 aliphatic carbocycles. The van der Waals surface area contributed by atoms with Crippen molar-refractivity contribution in [3.63, 3.8) is 0 Å². The lowest BCUT2D eigenvalue weighted by atomic mass is 9.84. The van der Waals surface area contributed by atoms with Gasteiger partial charge in [-0.1, -0.05) is 17.7 Å². The fourth-order valence-electron chi connectivity index (χ4n) is 3.09. The molecule has 3 fully saturated rings. The van der Waals surface area contributed by atoms with Crippen molar-refractivity contribution in [2.24, 2.45) is 5.92 Å². The van der Waals surface area contributed by atoms with Gasteiger partial charge >= 0.3 is 0 Å². The maximum absolute atomic E-state index is 12.2. The third-order valence-electron chi connectivity index (χ3n) is 4.29. The molecule has 1 aromatic rings. The number of nitrogens with one attached hydrogen (secondary N) is 1. The van der Waals surface area contributed by atoms with Crippen LogP contribution in [-0.2, 0) is 0 Å². The fourth-order valence-corrected chi connectivity index (χ4v) is 3.09. The second kappa shape index (κ2) is 4.73. The van der Waals surface area contributed by atoms with Gasteiger partial charge in [-0.3, -0.25) is 4.79 Å². The number of piperidine rings is 3. The maximum atomic E-state index is 12.2. The quantitative estimate of drug-likeness (QED) is 0.860. The molecule has 2 bridgehead atoms. The van der Waals surface area contributed by atoms with Gasteiger partial charge in [0.1, 0.15) is 0 Å². The maximum Gasteiger partial charge on any atom is 0.251 e. The summed E-state index contributed by atoms with van der Waals surface area (Å²) in [6.45, 7) is 5.49. The second-order valence-corrected chi connectivity index (χ2v) is 5.58. The minimum Gasteiger partial charge on any atom is -0.348 e. The van der Waals surface area contributed by atoms with Crippen molar-refractivity contribution in [3.05, 3.63) is 35.4 Å². The molecular weight excluding hydrogens is 224 g/mol. The number of aryl methyl sites for hydroxylation is 1. The Balaban J connectivity index is 1.66. The van der Waals surface area contributed by atoms with Crippen molar-refractivity contribution in [3.8, 4) is 0 Å². The van der Waals surface area contributed by atoms with Crippen LogP contribution in [0.4, 0.5) is 0 Å². The van der Waals surface area contributed by atoms with E-state index >= 15 is 0 Å². The van der Waals surface area contributed by atoms with Gasteiger partial charge in [0.15, 0.2) is 0 Å². The van der Waals surface area contributed by atoms with Crippen molar-refractivity contribution >= 4 is 5.91 Å². The molecule has 3 heteroatoms. The zero-order valence-corrected chi connectivity index (χ0v) is 10.9. The summed E-state index contributed by atoms with van der Waals surface area (Å²) >= 11 is 0. The van der Waals surface area contributed by atoms with E-state index in [2.05, 4.69) is 10.2 Å². The number of fused-ring (bicyclic) bond motifs is 3. The summed E-state index contributed by atoms with van der Waals surface area (Å²) in [4.78, 5) is 14.6. The number of carbonyl (C=O) groups excluding carboxylic acids is 1. The topological polar surface area (TPSA) is 32.3 Å². The number of benzene rings is 1. The van der Waals surface area contributed by atoms with Crippen LogP contribution in [0.3, 0.4) is 0 Å². The minimum absolute atomic E-state index is 0.0775. The smallest absolute Gasteiger partial charge is 0.251 e. The molecule has 3 aliphatic heterocycles. The van der Waals surface area contributed by atoms with E-state index in [1.807, 2.05) is 31.2 Å². The Morgan fingerprint density at radius 2 is 1.89 bits per heavy atom. The first-order valence-electron chi connectivity index (χ1n) is 6.82. The van der Waals surface area contributed by atoms with Gasteiger partial charge in [-0.15, -0.1) is 0 Å². The van der Waals surface area contributed by atoms with Crippen molar-refractivity contribution in [2.75, 3.05) is 19.6 Å². The van der Waals surface area contributed by atoms with Gasteiger partial charge in [0.05, 0.1) is 0 Å². The summed E-state index contributed by atoms with van der Waals surface area (Å²) < 4.78 is 0. The molecular formula is C15H20N2O. The Bertz CT molecular complexity index is 432. The van der Waals surface area contributed by atoms with Gasteiger partial charge in [0.25, 0.3) is 5.91 Å². The first kappa shape index (κ1) is 11.7. The number of rotatable bonds is 2. The van der Waals surface area contributed by atoms with Crippen LogP contribution in [0, 0.1) is 12.8 Å². The largest absolute Gasteiger partial charge is 0.348 e. The average Bonchev–Trinajstić information content (AvgIpc) is 2.41. The zero-order chi connectivity index (χ0) is 12.5. The van der Waals surface area contributed by atoms with Gasteiger partial charge in [-0.05, 0) is 50.9 Å². The predicted molar refractivity (Wildman–Crippen MR) is 71.6 cm³/mol. The Labute approximate surface area is 108 Å². The van der Waals surface area contributed by atoms with Crippen LogP contribution in [0.25, 0.3) is 0 Å². The molecule has 0 aromatic heterocycles. The number of hydrogen-bond acceptors (Lipinski definition) is 2. The van der Waals surface area contributed by atoms with E-state index in [4.69, 9.17) is 0 Å². The number of hydrogen-bond donors (Lipinski definition) is 1. The first-order chi connectivity index (χ1) is 8.72. The molecule has 4 rings (SSSR count). The molecule has 1 aromatic carbocycles. The molecule has 3 heterocycles. The number of nitrogens with zero attached hydrogens (tertiary/aromatic N) is 1. The summed E-state index contributed by atoms with van der Waals surface area (Å²) in [5.41, 5.74) is 1.96. The van der Waals surface area contributed by atoms with Crippen molar-refractivity contribution in [2.45, 2.75) is 25.8 Å². The summed E-state index contributed by atoms with van der Waals surface area (Å²) in [5, 5.41) is 3.21. The first-order valence-corrected chi connectivity index (χ1v) is 6.82. The van der Waals surface area contributed by atoms with Gasteiger partial charge in [-0.2, -0.15) is 0 Å². The normalized spacial score (nSPS) is 30.2. The lowest BCUT2D eigenvalue weighted by molar-refractivity contribution is 0.0620. The fraction of sp³-hybridized carbons (Fsp3) is 0.533. The highest BCUT2D eigenvalue weighted by atomic mass is 16.1. The van der Waals surface area contributed by atoms with Crippen LogP contribution in [-0.4, -0.2) is 36.5 Å². The molecule has 96 valence electrons. The van der Waals surface area contributed by atoms with Gasteiger partial charge in [-0.25, -0.2) is 0 Å². The Morgan fingerprint density at radius 3 is 2.44 bits per heavy atom. The molecule has 0 spiro atoms. The van der Waals surface area contributed by atoms with Crippen molar-refractivity contribution in [1.29, 1.82) is 0 Å². The van der Waals surface area contributed by atoms with Crippen LogP contribution in [0.1, 0.15) is 28.8 Å². The highest BCUT2D eigenvalue weighted by Gasteiger charge is 2.34. The van der Waals surface area contributed by atoms with Crippen molar-refractivity contribution in [1.82, 2.24) is 10.2 Å². The Morgan fingerprint density at radius 1 is 1.22 bits per heavy atom. The number of carbonyl (C=O) groups is 1. The second-order valence-electron chi connectivity index (χ2n) is 5.58. The third kappa shape index (κ3) is 2.27. The molecule has 1 amide bonds. The molecule has 0 radical (unpaired) electrons. The van der Waals surface area contributed by atoms with Gasteiger partial charge in [0.2, 0.25) is 0 Å². The number of amides is 1. The Hall–Kier alpha value is -1.35. The van der Waals surface area contributed by atoms with E-state index in [0.29, 0.717) is 12.0 Å². The van der Waals surface area contributed by atoms with E-state index in [-0.39, 0.29) is 5.91 Å². The highest BCUT2D eigenvalue weighted by Crippen LogP contribution is 2.27. The molecule has 1 N–H and O–H groups in total. The molecule has 0 saturated carbocycles. The molecule has 3 nitrogen and oxygen atoms in total. The Kier molecular flexibility index (Phi) is 3.08. The lowest BCUT2D eigenvalue weighted by Crippen LogP contribution is -2.57. The molecule has 3 saturated heterocycles. The van der Waals surface area contributed by atoms with Gasteiger partial charge in [0, 0.05) is 18.2 Å². The van der Waals surface area contributed by atoms with Gasteiger partial charge < -0.3 is 10.2 Å². The van der Waals surface area contributed by atoms with Crippen LogP contribution in [0.15, 0.2) is 24.3 Å². The average molecular weight is 244 g/mol. The monoisotopic (exact) mass is 244 g/mol. The zero-order valence-electron chi connectivity index (χ0n) is 10.9. The summed E-state index contributed by atoms with van der Waals surface area (Å²) in [7, 11) is 0. The molecule has 18 heavy (non-hydrogen) atoms. The van der Waals surface area contributed by atoms with E-state index < -0.39 is 0 Å².